The van der Waals surface area contributed by atoms with Crippen LogP contribution in [0.25, 0.3) is 10.9 Å². The molecule has 0 N–H and O–H groups in total. The molecule has 0 bridgehead atoms. The molecule has 7 heteroatoms. The number of benzene rings is 2. The van der Waals surface area contributed by atoms with E-state index in [1.54, 1.807) is 23.1 Å². The molecule has 6 nitrogen and oxygen atoms in total. The number of carbonyl (C=O) groups excluding carboxylic acids is 1. The predicted octanol–water partition coefficient (Wildman–Crippen LogP) is 3.53. The summed E-state index contributed by atoms with van der Waals surface area (Å²) < 4.78 is 1.33. The highest BCUT2D eigenvalue weighted by Gasteiger charge is 2.21. The van der Waals surface area contributed by atoms with Crippen LogP contribution in [0.4, 0.5) is 10.8 Å². The Hall–Kier alpha value is -3.32. The minimum absolute atomic E-state index is 0.121. The van der Waals surface area contributed by atoms with E-state index in [1.807, 2.05) is 48.7 Å². The number of carbonyl (C=O) groups is 1. The summed E-state index contributed by atoms with van der Waals surface area (Å²) in [5, 5.41) is 2.96. The van der Waals surface area contributed by atoms with E-state index in [2.05, 4.69) is 9.97 Å². The van der Waals surface area contributed by atoms with Gasteiger partial charge < -0.3 is 0 Å². The molecule has 0 atom stereocenters. The summed E-state index contributed by atoms with van der Waals surface area (Å²) >= 11 is 1.39. The second-order valence-corrected chi connectivity index (χ2v) is 6.87. The van der Waals surface area contributed by atoms with Gasteiger partial charge in [0.15, 0.2) is 5.13 Å². The molecule has 134 valence electrons. The van der Waals surface area contributed by atoms with Gasteiger partial charge in [-0.3, -0.25) is 19.1 Å². The third-order valence-electron chi connectivity index (χ3n) is 4.10. The topological polar surface area (TPSA) is 68.1 Å². The van der Waals surface area contributed by atoms with E-state index in [9.17, 15) is 9.59 Å². The van der Waals surface area contributed by atoms with Crippen molar-refractivity contribution in [2.24, 2.45) is 0 Å². The zero-order chi connectivity index (χ0) is 18.8. The van der Waals surface area contributed by atoms with Gasteiger partial charge in [0.2, 0.25) is 0 Å². The van der Waals surface area contributed by atoms with Crippen molar-refractivity contribution < 1.29 is 4.79 Å². The summed E-state index contributed by atoms with van der Waals surface area (Å²) in [7, 11) is 0. The van der Waals surface area contributed by atoms with Crippen LogP contribution < -0.4 is 10.5 Å². The van der Waals surface area contributed by atoms with Crippen molar-refractivity contribution in [2.75, 3.05) is 4.90 Å². The van der Waals surface area contributed by atoms with Crippen LogP contribution in [0.3, 0.4) is 0 Å². The second kappa shape index (κ2) is 7.13. The van der Waals surface area contributed by atoms with Crippen LogP contribution in [-0.2, 0) is 11.3 Å². The van der Waals surface area contributed by atoms with Gasteiger partial charge in [-0.05, 0) is 31.2 Å². The summed E-state index contributed by atoms with van der Waals surface area (Å²) in [5.74, 6) is -0.255. The number of fused-ring (bicyclic) bond motifs is 1. The van der Waals surface area contributed by atoms with E-state index >= 15 is 0 Å². The summed E-state index contributed by atoms with van der Waals surface area (Å²) in [6, 6.07) is 16.4. The third-order valence-corrected chi connectivity index (χ3v) is 5.04. The van der Waals surface area contributed by atoms with Crippen molar-refractivity contribution in [1.29, 1.82) is 0 Å². The number of hydrogen-bond donors (Lipinski definition) is 0. The molecular formula is C20H16N4O2S. The Balaban J connectivity index is 1.73. The predicted molar refractivity (Wildman–Crippen MR) is 106 cm³/mol. The van der Waals surface area contributed by atoms with Gasteiger partial charge in [0.25, 0.3) is 11.5 Å². The quantitative estimate of drug-likeness (QED) is 0.546. The lowest BCUT2D eigenvalue weighted by molar-refractivity contribution is -0.118. The van der Waals surface area contributed by atoms with Crippen LogP contribution in [0, 0.1) is 6.92 Å². The van der Waals surface area contributed by atoms with Crippen LogP contribution in [0.15, 0.2) is 71.1 Å². The highest BCUT2D eigenvalue weighted by Crippen LogP contribution is 2.28. The fourth-order valence-electron chi connectivity index (χ4n) is 2.82. The molecule has 0 aliphatic carbocycles. The van der Waals surface area contributed by atoms with E-state index in [-0.39, 0.29) is 18.0 Å². The molecule has 27 heavy (non-hydrogen) atoms. The van der Waals surface area contributed by atoms with Crippen molar-refractivity contribution >= 4 is 39.0 Å². The van der Waals surface area contributed by atoms with E-state index in [0.717, 1.165) is 5.69 Å². The SMILES string of the molecule is Cc1csc(N(C(=O)Cn2cnc3ccccc3c2=O)c2ccccc2)n1. The highest BCUT2D eigenvalue weighted by molar-refractivity contribution is 7.14. The fraction of sp³-hybridized carbons (Fsp3) is 0.100. The molecule has 0 spiro atoms. The van der Waals surface area contributed by atoms with E-state index in [4.69, 9.17) is 0 Å². The first kappa shape index (κ1) is 17.1. The van der Waals surface area contributed by atoms with Crippen molar-refractivity contribution in [2.45, 2.75) is 13.5 Å². The van der Waals surface area contributed by atoms with E-state index in [1.165, 1.54) is 22.2 Å². The number of rotatable bonds is 4. The molecule has 1 amide bonds. The maximum absolute atomic E-state index is 13.1. The lowest BCUT2D eigenvalue weighted by Crippen LogP contribution is -2.33. The van der Waals surface area contributed by atoms with Crippen LogP contribution in [0.5, 0.6) is 0 Å². The number of nitrogens with zero attached hydrogens (tertiary/aromatic N) is 4. The molecule has 0 aliphatic heterocycles. The zero-order valence-electron chi connectivity index (χ0n) is 14.6. The largest absolute Gasteiger partial charge is 0.289 e. The number of amides is 1. The minimum Gasteiger partial charge on any atom is -0.289 e. The Morgan fingerprint density at radius 1 is 1.11 bits per heavy atom. The molecule has 0 saturated heterocycles. The summed E-state index contributed by atoms with van der Waals surface area (Å²) in [4.78, 5) is 36.1. The first-order valence-electron chi connectivity index (χ1n) is 8.38. The van der Waals surface area contributed by atoms with E-state index in [0.29, 0.717) is 21.7 Å². The van der Waals surface area contributed by atoms with Crippen molar-refractivity contribution in [3.8, 4) is 0 Å². The molecule has 0 saturated carbocycles. The molecule has 0 unspecified atom stereocenters. The Morgan fingerprint density at radius 2 is 1.85 bits per heavy atom. The lowest BCUT2D eigenvalue weighted by atomic mass is 10.2. The van der Waals surface area contributed by atoms with Crippen LogP contribution in [-0.4, -0.2) is 20.4 Å². The first-order valence-corrected chi connectivity index (χ1v) is 9.26. The highest BCUT2D eigenvalue weighted by atomic mass is 32.1. The Bertz CT molecular complexity index is 1170. The Kier molecular flexibility index (Phi) is 4.52. The van der Waals surface area contributed by atoms with Crippen LogP contribution in [0.1, 0.15) is 5.69 Å². The lowest BCUT2D eigenvalue weighted by Gasteiger charge is -2.20. The van der Waals surface area contributed by atoms with Crippen LogP contribution >= 0.6 is 11.3 Å². The van der Waals surface area contributed by atoms with Gasteiger partial charge in [-0.1, -0.05) is 30.3 Å². The molecule has 4 aromatic rings. The van der Waals surface area contributed by atoms with Gasteiger partial charge in [0.1, 0.15) is 6.54 Å². The van der Waals surface area contributed by atoms with Gasteiger partial charge in [-0.25, -0.2) is 9.97 Å². The monoisotopic (exact) mass is 376 g/mol. The standard InChI is InChI=1S/C20H16N4O2S/c1-14-12-27-20(22-14)24(15-7-3-2-4-8-15)18(25)11-23-13-21-17-10-6-5-9-16(17)19(23)26/h2-10,12-13H,11H2,1H3. The maximum Gasteiger partial charge on any atom is 0.261 e. The van der Waals surface area contributed by atoms with Gasteiger partial charge in [0, 0.05) is 5.38 Å². The first-order chi connectivity index (χ1) is 13.1. The molecule has 2 heterocycles. The molecule has 4 rings (SSSR count). The average molecular weight is 376 g/mol. The van der Waals surface area contributed by atoms with Gasteiger partial charge >= 0.3 is 0 Å². The summed E-state index contributed by atoms with van der Waals surface area (Å²) in [6.45, 7) is 1.76. The third kappa shape index (κ3) is 3.37. The molecule has 2 aromatic heterocycles. The number of anilines is 2. The molecule has 0 radical (unpaired) electrons. The number of aromatic nitrogens is 3. The average Bonchev–Trinajstić information content (AvgIpc) is 3.11. The fourth-order valence-corrected chi connectivity index (χ4v) is 3.66. The van der Waals surface area contributed by atoms with E-state index < -0.39 is 0 Å². The number of hydrogen-bond acceptors (Lipinski definition) is 5. The number of aryl methyl sites for hydroxylation is 1. The Morgan fingerprint density at radius 3 is 2.59 bits per heavy atom. The number of thiazole rings is 1. The second-order valence-electron chi connectivity index (χ2n) is 6.03. The number of para-hydroxylation sites is 2. The van der Waals surface area contributed by atoms with Gasteiger partial charge in [-0.15, -0.1) is 11.3 Å². The van der Waals surface area contributed by atoms with Crippen molar-refractivity contribution in [3.63, 3.8) is 0 Å². The van der Waals surface area contributed by atoms with Gasteiger partial charge in [-0.2, -0.15) is 0 Å². The normalized spacial score (nSPS) is 10.9. The molecule has 0 aliphatic rings. The molecule has 0 fully saturated rings. The van der Waals surface area contributed by atoms with Crippen LogP contribution in [0.2, 0.25) is 0 Å². The maximum atomic E-state index is 13.1. The molecular weight excluding hydrogens is 360 g/mol. The Labute approximate surface area is 159 Å². The summed E-state index contributed by atoms with van der Waals surface area (Å²) in [6.07, 6.45) is 1.42. The smallest absolute Gasteiger partial charge is 0.261 e. The van der Waals surface area contributed by atoms with Crippen molar-refractivity contribution in [1.82, 2.24) is 14.5 Å². The zero-order valence-corrected chi connectivity index (χ0v) is 15.4. The van der Waals surface area contributed by atoms with Gasteiger partial charge in [0.05, 0.1) is 28.6 Å². The summed E-state index contributed by atoms with van der Waals surface area (Å²) in [5.41, 5.74) is 1.92. The molecule has 2 aromatic carbocycles. The van der Waals surface area contributed by atoms with Crippen molar-refractivity contribution in [3.05, 3.63) is 82.4 Å². The minimum atomic E-state index is -0.255.